The van der Waals surface area contributed by atoms with Gasteiger partial charge in [-0.25, -0.2) is 4.79 Å². The van der Waals surface area contributed by atoms with Gasteiger partial charge in [-0.15, -0.1) is 0 Å². The Hall–Kier alpha value is -2.37. The van der Waals surface area contributed by atoms with Crippen molar-refractivity contribution in [3.8, 4) is 0 Å². The monoisotopic (exact) mass is 357 g/mol. The molecule has 140 valence electrons. The second kappa shape index (κ2) is 7.48. The molecule has 4 amide bonds. The average molecular weight is 357 g/mol. The Labute approximate surface area is 154 Å². The normalized spacial score (nSPS) is 26.2. The molecule has 2 heterocycles. The summed E-state index contributed by atoms with van der Waals surface area (Å²) in [6, 6.07) is 9.57. The van der Waals surface area contributed by atoms with Crippen LogP contribution in [0.5, 0.6) is 0 Å². The first-order valence-corrected chi connectivity index (χ1v) is 9.38. The molecule has 6 heteroatoms. The molecule has 2 aliphatic rings. The minimum atomic E-state index is -0.958. The first-order chi connectivity index (χ1) is 12.4. The molecule has 6 nitrogen and oxygen atoms in total. The van der Waals surface area contributed by atoms with E-state index in [4.69, 9.17) is 0 Å². The van der Waals surface area contributed by atoms with Crippen LogP contribution in [0.4, 0.5) is 4.79 Å². The van der Waals surface area contributed by atoms with E-state index in [1.54, 1.807) is 11.8 Å². The third kappa shape index (κ3) is 3.74. The van der Waals surface area contributed by atoms with Crippen LogP contribution >= 0.6 is 0 Å². The minimum absolute atomic E-state index is 0.145. The van der Waals surface area contributed by atoms with Gasteiger partial charge in [-0.3, -0.25) is 14.5 Å². The number of hydrogen-bond acceptors (Lipinski definition) is 3. The van der Waals surface area contributed by atoms with Gasteiger partial charge in [0.25, 0.3) is 5.91 Å². The second-order valence-corrected chi connectivity index (χ2v) is 7.57. The molecule has 2 saturated heterocycles. The average Bonchev–Trinajstić information content (AvgIpc) is 2.85. The SMILES string of the molecule is C[C@H]1CCCCN1C(=O)CN1C(=O)N[C@](C)(CCc2ccccc2)C1=O. The third-order valence-electron chi connectivity index (χ3n) is 5.52. The smallest absolute Gasteiger partial charge is 0.325 e. The molecule has 0 aliphatic carbocycles. The lowest BCUT2D eigenvalue weighted by atomic mass is 9.93. The Kier molecular flexibility index (Phi) is 5.30. The molecule has 1 aromatic rings. The summed E-state index contributed by atoms with van der Waals surface area (Å²) in [4.78, 5) is 40.6. The van der Waals surface area contributed by atoms with E-state index >= 15 is 0 Å². The maximum atomic E-state index is 12.8. The summed E-state index contributed by atoms with van der Waals surface area (Å²) in [5, 5.41) is 2.79. The van der Waals surface area contributed by atoms with Gasteiger partial charge in [0.2, 0.25) is 5.91 Å². The number of carbonyl (C=O) groups excluding carboxylic acids is 3. The van der Waals surface area contributed by atoms with Crippen molar-refractivity contribution in [1.82, 2.24) is 15.1 Å². The zero-order valence-corrected chi connectivity index (χ0v) is 15.5. The molecule has 2 fully saturated rings. The van der Waals surface area contributed by atoms with Gasteiger partial charge in [0, 0.05) is 12.6 Å². The quantitative estimate of drug-likeness (QED) is 0.822. The summed E-state index contributed by atoms with van der Waals surface area (Å²) in [6.45, 7) is 4.29. The van der Waals surface area contributed by atoms with Gasteiger partial charge >= 0.3 is 6.03 Å². The van der Waals surface area contributed by atoms with Crippen molar-refractivity contribution in [1.29, 1.82) is 0 Å². The van der Waals surface area contributed by atoms with E-state index in [0.29, 0.717) is 19.4 Å². The van der Waals surface area contributed by atoms with Crippen molar-refractivity contribution in [3.63, 3.8) is 0 Å². The van der Waals surface area contributed by atoms with E-state index in [2.05, 4.69) is 5.32 Å². The fourth-order valence-corrected chi connectivity index (χ4v) is 3.79. The van der Waals surface area contributed by atoms with Crippen LogP contribution in [0.1, 0.15) is 45.1 Å². The van der Waals surface area contributed by atoms with Crippen molar-refractivity contribution in [2.24, 2.45) is 0 Å². The Balaban J connectivity index is 1.63. The van der Waals surface area contributed by atoms with Gasteiger partial charge in [0.1, 0.15) is 12.1 Å². The van der Waals surface area contributed by atoms with Crippen LogP contribution in [0.25, 0.3) is 0 Å². The Morgan fingerprint density at radius 1 is 1.23 bits per heavy atom. The summed E-state index contributed by atoms with van der Waals surface area (Å²) < 4.78 is 0. The fourth-order valence-electron chi connectivity index (χ4n) is 3.79. The van der Waals surface area contributed by atoms with Crippen molar-refractivity contribution < 1.29 is 14.4 Å². The number of rotatable bonds is 5. The zero-order valence-electron chi connectivity index (χ0n) is 15.5. The number of imide groups is 1. The Morgan fingerprint density at radius 3 is 2.65 bits per heavy atom. The molecule has 3 rings (SSSR count). The summed E-state index contributed by atoms with van der Waals surface area (Å²) in [7, 11) is 0. The molecule has 0 aromatic heterocycles. The summed E-state index contributed by atoms with van der Waals surface area (Å²) in [6.07, 6.45) is 4.26. The van der Waals surface area contributed by atoms with Gasteiger partial charge in [0.15, 0.2) is 0 Å². The molecule has 0 saturated carbocycles. The van der Waals surface area contributed by atoms with Crippen LogP contribution in [-0.2, 0) is 16.0 Å². The van der Waals surface area contributed by atoms with Gasteiger partial charge in [-0.05, 0) is 51.5 Å². The van der Waals surface area contributed by atoms with E-state index in [9.17, 15) is 14.4 Å². The second-order valence-electron chi connectivity index (χ2n) is 7.57. The number of benzene rings is 1. The van der Waals surface area contributed by atoms with Crippen molar-refractivity contribution in [2.45, 2.75) is 57.5 Å². The van der Waals surface area contributed by atoms with Crippen LogP contribution in [0, 0.1) is 0 Å². The molecule has 1 N–H and O–H groups in total. The predicted molar refractivity (Wildman–Crippen MR) is 98.4 cm³/mol. The molecular weight excluding hydrogens is 330 g/mol. The number of urea groups is 1. The minimum Gasteiger partial charge on any atom is -0.338 e. The van der Waals surface area contributed by atoms with Gasteiger partial charge < -0.3 is 10.2 Å². The van der Waals surface area contributed by atoms with Gasteiger partial charge in [-0.1, -0.05) is 30.3 Å². The summed E-state index contributed by atoms with van der Waals surface area (Å²) >= 11 is 0. The Bertz CT molecular complexity index is 691. The standard InChI is InChI=1S/C20H27N3O3/c1-15-8-6-7-13-22(15)17(24)14-23-18(25)20(2,21-19(23)26)12-11-16-9-4-3-5-10-16/h3-5,9-10,15H,6-8,11-14H2,1-2H3,(H,21,26)/t15-,20+/m0/s1. The van der Waals surface area contributed by atoms with Crippen LogP contribution in [0.2, 0.25) is 0 Å². The highest BCUT2D eigenvalue weighted by Crippen LogP contribution is 2.24. The Morgan fingerprint density at radius 2 is 1.96 bits per heavy atom. The maximum Gasteiger partial charge on any atom is 0.325 e. The predicted octanol–water partition coefficient (Wildman–Crippen LogP) is 2.33. The number of piperidine rings is 1. The molecule has 0 radical (unpaired) electrons. The molecule has 2 atom stereocenters. The molecule has 26 heavy (non-hydrogen) atoms. The zero-order chi connectivity index (χ0) is 18.7. The first-order valence-electron chi connectivity index (χ1n) is 9.38. The van der Waals surface area contributed by atoms with Gasteiger partial charge in [-0.2, -0.15) is 0 Å². The number of aryl methyl sites for hydroxylation is 1. The van der Waals surface area contributed by atoms with E-state index in [0.717, 1.165) is 29.7 Å². The highest BCUT2D eigenvalue weighted by atomic mass is 16.2. The molecule has 0 unspecified atom stereocenters. The lowest BCUT2D eigenvalue weighted by Crippen LogP contribution is -2.49. The number of nitrogens with zero attached hydrogens (tertiary/aromatic N) is 2. The number of likely N-dealkylation sites (tertiary alicyclic amines) is 1. The van der Waals surface area contributed by atoms with Crippen LogP contribution in [-0.4, -0.2) is 52.3 Å². The first kappa shape index (κ1) is 18.4. The molecule has 1 aromatic carbocycles. The van der Waals surface area contributed by atoms with Crippen molar-refractivity contribution >= 4 is 17.8 Å². The van der Waals surface area contributed by atoms with Crippen LogP contribution < -0.4 is 5.32 Å². The van der Waals surface area contributed by atoms with E-state index in [1.165, 1.54) is 0 Å². The highest BCUT2D eigenvalue weighted by Gasteiger charge is 2.48. The lowest BCUT2D eigenvalue weighted by Gasteiger charge is -2.34. The van der Waals surface area contributed by atoms with Crippen LogP contribution in [0.3, 0.4) is 0 Å². The fraction of sp³-hybridized carbons (Fsp3) is 0.550. The number of nitrogens with one attached hydrogen (secondary N) is 1. The van der Waals surface area contributed by atoms with E-state index in [-0.39, 0.29) is 24.4 Å². The van der Waals surface area contributed by atoms with E-state index < -0.39 is 11.6 Å². The van der Waals surface area contributed by atoms with Crippen LogP contribution in [0.15, 0.2) is 30.3 Å². The number of carbonyl (C=O) groups is 3. The third-order valence-corrected chi connectivity index (χ3v) is 5.52. The van der Waals surface area contributed by atoms with Crippen molar-refractivity contribution in [3.05, 3.63) is 35.9 Å². The van der Waals surface area contributed by atoms with Gasteiger partial charge in [0.05, 0.1) is 0 Å². The highest BCUT2D eigenvalue weighted by molar-refractivity contribution is 6.08. The summed E-state index contributed by atoms with van der Waals surface area (Å²) in [5.74, 6) is -0.454. The summed E-state index contributed by atoms with van der Waals surface area (Å²) in [5.41, 5.74) is 0.160. The van der Waals surface area contributed by atoms with E-state index in [1.807, 2.05) is 37.3 Å². The molecule has 2 aliphatic heterocycles. The van der Waals surface area contributed by atoms with Crippen molar-refractivity contribution in [2.75, 3.05) is 13.1 Å². The number of amides is 4. The number of hydrogen-bond donors (Lipinski definition) is 1. The molecule has 0 bridgehead atoms. The molecular formula is C20H27N3O3. The largest absolute Gasteiger partial charge is 0.338 e. The topological polar surface area (TPSA) is 69.7 Å². The maximum absolute atomic E-state index is 12.8. The molecule has 0 spiro atoms. The lowest BCUT2D eigenvalue weighted by molar-refractivity contribution is -0.140.